The number of hydrogen-bond donors (Lipinski definition) is 1. The van der Waals surface area contributed by atoms with Crippen LogP contribution in [0.2, 0.25) is 0 Å². The van der Waals surface area contributed by atoms with Crippen molar-refractivity contribution in [3.8, 4) is 0 Å². The molecular formula is C14H26N4O. The summed E-state index contributed by atoms with van der Waals surface area (Å²) >= 11 is 0. The monoisotopic (exact) mass is 266 g/mol. The van der Waals surface area contributed by atoms with Crippen molar-refractivity contribution in [3.63, 3.8) is 0 Å². The maximum Gasteiger partial charge on any atom is 0.0587 e. The summed E-state index contributed by atoms with van der Waals surface area (Å²) in [7, 11) is 3.72. The zero-order chi connectivity index (χ0) is 13.5. The number of methoxy groups -OCH3 is 1. The molecule has 0 spiro atoms. The predicted molar refractivity (Wildman–Crippen MR) is 76.3 cm³/mol. The molecule has 5 heteroatoms. The number of nitrogens with zero attached hydrogens (tertiary/aromatic N) is 3. The van der Waals surface area contributed by atoms with E-state index in [-0.39, 0.29) is 0 Å². The van der Waals surface area contributed by atoms with Gasteiger partial charge in [0.15, 0.2) is 0 Å². The highest BCUT2D eigenvalue weighted by Gasteiger charge is 2.23. The van der Waals surface area contributed by atoms with Gasteiger partial charge in [0, 0.05) is 46.0 Å². The number of likely N-dealkylation sites (tertiary alicyclic amines) is 1. The van der Waals surface area contributed by atoms with E-state index < -0.39 is 0 Å². The SMILES string of the molecule is COCCNCC1CCCN1CCc1cnn(C)c1. The zero-order valence-corrected chi connectivity index (χ0v) is 12.1. The van der Waals surface area contributed by atoms with E-state index in [9.17, 15) is 0 Å². The third-order valence-corrected chi connectivity index (χ3v) is 3.81. The highest BCUT2D eigenvalue weighted by atomic mass is 16.5. The van der Waals surface area contributed by atoms with Gasteiger partial charge in [-0.15, -0.1) is 0 Å². The topological polar surface area (TPSA) is 42.3 Å². The first kappa shape index (κ1) is 14.5. The van der Waals surface area contributed by atoms with Crippen LogP contribution in [0.1, 0.15) is 18.4 Å². The van der Waals surface area contributed by atoms with Gasteiger partial charge in [-0.3, -0.25) is 9.58 Å². The Kier molecular flexibility index (Phi) is 5.82. The van der Waals surface area contributed by atoms with Gasteiger partial charge in [0.2, 0.25) is 0 Å². The second-order valence-corrected chi connectivity index (χ2v) is 5.30. The Morgan fingerprint density at radius 2 is 2.42 bits per heavy atom. The summed E-state index contributed by atoms with van der Waals surface area (Å²) in [5.41, 5.74) is 1.33. The van der Waals surface area contributed by atoms with Crippen molar-refractivity contribution < 1.29 is 4.74 Å². The zero-order valence-electron chi connectivity index (χ0n) is 12.1. The van der Waals surface area contributed by atoms with Gasteiger partial charge < -0.3 is 10.1 Å². The fourth-order valence-corrected chi connectivity index (χ4v) is 2.74. The fourth-order valence-electron chi connectivity index (χ4n) is 2.74. The van der Waals surface area contributed by atoms with E-state index in [4.69, 9.17) is 4.74 Å². The molecule has 108 valence electrons. The molecule has 1 saturated heterocycles. The highest BCUT2D eigenvalue weighted by molar-refractivity contribution is 5.04. The molecule has 1 aromatic heterocycles. The summed E-state index contributed by atoms with van der Waals surface area (Å²) in [6.45, 7) is 5.20. The molecule has 2 rings (SSSR count). The molecule has 5 nitrogen and oxygen atoms in total. The van der Waals surface area contributed by atoms with Crippen molar-refractivity contribution in [1.82, 2.24) is 20.0 Å². The Morgan fingerprint density at radius 3 is 3.16 bits per heavy atom. The Morgan fingerprint density at radius 1 is 1.53 bits per heavy atom. The highest BCUT2D eigenvalue weighted by Crippen LogP contribution is 2.17. The van der Waals surface area contributed by atoms with Crippen molar-refractivity contribution in [2.24, 2.45) is 7.05 Å². The lowest BCUT2D eigenvalue weighted by atomic mass is 10.2. The molecule has 2 heterocycles. The molecule has 0 bridgehead atoms. The van der Waals surface area contributed by atoms with Gasteiger partial charge >= 0.3 is 0 Å². The molecule has 1 unspecified atom stereocenters. The molecule has 0 amide bonds. The predicted octanol–water partition coefficient (Wildman–Crippen LogP) is 0.663. The molecule has 1 atom stereocenters. The molecule has 0 radical (unpaired) electrons. The summed E-state index contributed by atoms with van der Waals surface area (Å²) in [6, 6.07) is 0.688. The van der Waals surface area contributed by atoms with E-state index in [1.165, 1.54) is 24.9 Å². The van der Waals surface area contributed by atoms with E-state index >= 15 is 0 Å². The van der Waals surface area contributed by atoms with E-state index in [0.717, 1.165) is 32.7 Å². The van der Waals surface area contributed by atoms with Gasteiger partial charge in [-0.25, -0.2) is 0 Å². The van der Waals surface area contributed by atoms with Crippen LogP contribution in [-0.2, 0) is 18.2 Å². The molecule has 1 N–H and O–H groups in total. The van der Waals surface area contributed by atoms with Crippen LogP contribution in [0.4, 0.5) is 0 Å². The minimum atomic E-state index is 0.688. The largest absolute Gasteiger partial charge is 0.383 e. The average Bonchev–Trinajstić information content (AvgIpc) is 3.01. The molecular weight excluding hydrogens is 240 g/mol. The molecule has 1 aliphatic rings. The third kappa shape index (κ3) is 4.60. The normalized spacial score (nSPS) is 20.2. The number of ether oxygens (including phenoxy) is 1. The Labute approximate surface area is 115 Å². The van der Waals surface area contributed by atoms with Crippen LogP contribution >= 0.6 is 0 Å². The molecule has 19 heavy (non-hydrogen) atoms. The standard InChI is InChI=1S/C14H26N4O/c1-17-12-13(10-16-17)5-8-18-7-3-4-14(18)11-15-6-9-19-2/h10,12,14-15H,3-9,11H2,1-2H3. The first-order valence-corrected chi connectivity index (χ1v) is 7.21. The molecule has 0 aromatic carbocycles. The van der Waals surface area contributed by atoms with E-state index in [2.05, 4.69) is 21.5 Å². The Balaban J connectivity index is 1.69. The van der Waals surface area contributed by atoms with Gasteiger partial charge in [0.1, 0.15) is 0 Å². The maximum atomic E-state index is 5.06. The molecule has 1 aromatic rings. The summed E-state index contributed by atoms with van der Waals surface area (Å²) in [5.74, 6) is 0. The lowest BCUT2D eigenvalue weighted by Gasteiger charge is -2.24. The first-order chi connectivity index (χ1) is 9.29. The lowest BCUT2D eigenvalue weighted by Crippen LogP contribution is -2.39. The number of aromatic nitrogens is 2. The quantitative estimate of drug-likeness (QED) is 0.702. The van der Waals surface area contributed by atoms with Gasteiger partial charge in [-0.1, -0.05) is 0 Å². The maximum absolute atomic E-state index is 5.06. The van der Waals surface area contributed by atoms with Crippen molar-refractivity contribution in [3.05, 3.63) is 18.0 Å². The number of hydrogen-bond acceptors (Lipinski definition) is 4. The number of nitrogens with one attached hydrogen (secondary N) is 1. The van der Waals surface area contributed by atoms with Crippen molar-refractivity contribution in [2.45, 2.75) is 25.3 Å². The summed E-state index contributed by atoms with van der Waals surface area (Å²) < 4.78 is 6.93. The van der Waals surface area contributed by atoms with Crippen LogP contribution in [0.25, 0.3) is 0 Å². The van der Waals surface area contributed by atoms with Crippen LogP contribution in [0.3, 0.4) is 0 Å². The third-order valence-electron chi connectivity index (χ3n) is 3.81. The van der Waals surface area contributed by atoms with Crippen molar-refractivity contribution in [1.29, 1.82) is 0 Å². The first-order valence-electron chi connectivity index (χ1n) is 7.21. The van der Waals surface area contributed by atoms with Crippen LogP contribution in [0.15, 0.2) is 12.4 Å². The second-order valence-electron chi connectivity index (χ2n) is 5.30. The summed E-state index contributed by atoms with van der Waals surface area (Å²) in [4.78, 5) is 2.60. The van der Waals surface area contributed by atoms with Crippen LogP contribution in [0.5, 0.6) is 0 Å². The van der Waals surface area contributed by atoms with E-state index in [1.54, 1.807) is 7.11 Å². The second kappa shape index (κ2) is 7.62. The fraction of sp³-hybridized carbons (Fsp3) is 0.786. The van der Waals surface area contributed by atoms with Crippen molar-refractivity contribution >= 4 is 0 Å². The minimum Gasteiger partial charge on any atom is -0.383 e. The van der Waals surface area contributed by atoms with Crippen LogP contribution < -0.4 is 5.32 Å². The number of aryl methyl sites for hydroxylation is 1. The van der Waals surface area contributed by atoms with Crippen LogP contribution in [0, 0.1) is 0 Å². The molecule has 1 fully saturated rings. The molecule has 1 aliphatic heterocycles. The smallest absolute Gasteiger partial charge is 0.0587 e. The van der Waals surface area contributed by atoms with E-state index in [0.29, 0.717) is 6.04 Å². The van der Waals surface area contributed by atoms with Gasteiger partial charge in [-0.2, -0.15) is 5.10 Å². The Bertz CT molecular complexity index is 366. The van der Waals surface area contributed by atoms with Crippen LogP contribution in [-0.4, -0.2) is 60.6 Å². The van der Waals surface area contributed by atoms with Crippen molar-refractivity contribution in [2.75, 3.05) is 39.9 Å². The Hall–Kier alpha value is -0.910. The summed E-state index contributed by atoms with van der Waals surface area (Å²) in [6.07, 6.45) is 7.82. The lowest BCUT2D eigenvalue weighted by molar-refractivity contribution is 0.192. The van der Waals surface area contributed by atoms with E-state index in [1.807, 2.05) is 17.9 Å². The average molecular weight is 266 g/mol. The molecule has 0 aliphatic carbocycles. The van der Waals surface area contributed by atoms with Gasteiger partial charge in [-0.05, 0) is 31.4 Å². The number of rotatable bonds is 8. The van der Waals surface area contributed by atoms with Gasteiger partial charge in [0.25, 0.3) is 0 Å². The minimum absolute atomic E-state index is 0.688. The van der Waals surface area contributed by atoms with Gasteiger partial charge in [0.05, 0.1) is 12.8 Å². The summed E-state index contributed by atoms with van der Waals surface area (Å²) in [5, 5.41) is 7.70. The molecule has 0 saturated carbocycles.